The van der Waals surface area contributed by atoms with Crippen molar-refractivity contribution in [2.45, 2.75) is 24.0 Å². The third-order valence-electron chi connectivity index (χ3n) is 3.59. The minimum absolute atomic E-state index is 0.252. The highest BCUT2D eigenvalue weighted by Gasteiger charge is 2.40. The molecule has 2 rings (SSSR count). The molecule has 2 N–H and O–H groups in total. The highest BCUT2D eigenvalue weighted by atomic mass is 32.2. The summed E-state index contributed by atoms with van der Waals surface area (Å²) in [6, 6.07) is -0.221. The number of sulfonamides is 1. The molecule has 6 nitrogen and oxygen atoms in total. The Morgan fingerprint density at radius 1 is 1.14 bits per heavy atom. The van der Waals surface area contributed by atoms with Crippen LogP contribution < -0.4 is 10.0 Å². The lowest BCUT2D eigenvalue weighted by molar-refractivity contribution is -0.147. The summed E-state index contributed by atoms with van der Waals surface area (Å²) in [7, 11) is -3.87. The van der Waals surface area contributed by atoms with Gasteiger partial charge in [-0.05, 0) is 19.1 Å². The maximum absolute atomic E-state index is 14.5. The third kappa shape index (κ3) is 4.47. The van der Waals surface area contributed by atoms with Gasteiger partial charge in [-0.1, -0.05) is 0 Å². The van der Waals surface area contributed by atoms with Gasteiger partial charge in [-0.15, -0.1) is 0 Å². The number of aromatic nitrogens is 1. The monoisotopic (exact) mass is 429 g/mol. The second kappa shape index (κ2) is 7.47. The van der Waals surface area contributed by atoms with Gasteiger partial charge in [0.1, 0.15) is 16.6 Å². The van der Waals surface area contributed by atoms with E-state index >= 15 is 0 Å². The van der Waals surface area contributed by atoms with Crippen molar-refractivity contribution >= 4 is 21.6 Å². The SMILES string of the molecule is C[C@@H](NS(=O)(=O)c1cn(C)c(C(=O)Nc2ccc(F)c(F)c2)c1F)C(F)(F)F. The largest absolute Gasteiger partial charge is 0.404 e. The van der Waals surface area contributed by atoms with Crippen LogP contribution in [0.15, 0.2) is 29.3 Å². The average Bonchev–Trinajstić information content (AvgIpc) is 2.85. The molecule has 154 valence electrons. The second-order valence-corrected chi connectivity index (χ2v) is 7.42. The number of hydrogen-bond donors (Lipinski definition) is 2. The van der Waals surface area contributed by atoms with Gasteiger partial charge in [-0.25, -0.2) is 21.6 Å². The van der Waals surface area contributed by atoms with Gasteiger partial charge in [-0.2, -0.15) is 17.9 Å². The number of carbonyl (C=O) groups is 1. The molecule has 1 heterocycles. The molecule has 0 spiro atoms. The van der Waals surface area contributed by atoms with Gasteiger partial charge >= 0.3 is 6.18 Å². The lowest BCUT2D eigenvalue weighted by Gasteiger charge is -2.16. The standard InChI is InChI=1S/C15H13F6N3O3S/c1-7(15(19,20)21)23-28(26,27)11-6-24(2)13(12(11)18)14(25)22-8-3-4-9(16)10(17)5-8/h3-7,23H,1-2H3,(H,22,25)/t7-/m1/s1. The number of benzene rings is 1. The van der Waals surface area contributed by atoms with Crippen molar-refractivity contribution in [2.75, 3.05) is 5.32 Å². The molecule has 13 heteroatoms. The molecule has 28 heavy (non-hydrogen) atoms. The molecule has 0 unspecified atom stereocenters. The Balaban J connectivity index is 2.34. The normalized spacial score (nSPS) is 13.4. The molecular formula is C15H13F6N3O3S. The summed E-state index contributed by atoms with van der Waals surface area (Å²) in [5.74, 6) is -5.32. The summed E-state index contributed by atoms with van der Waals surface area (Å²) >= 11 is 0. The quantitative estimate of drug-likeness (QED) is 0.718. The number of halogens is 6. The molecule has 0 saturated carbocycles. The van der Waals surface area contributed by atoms with Gasteiger partial charge in [0.05, 0.1) is 0 Å². The summed E-state index contributed by atoms with van der Waals surface area (Å²) < 4.78 is 104. The first-order valence-electron chi connectivity index (χ1n) is 7.44. The van der Waals surface area contributed by atoms with Crippen LogP contribution >= 0.6 is 0 Å². The first-order valence-corrected chi connectivity index (χ1v) is 8.92. The molecule has 0 aliphatic heterocycles. The summed E-state index contributed by atoms with van der Waals surface area (Å²) in [5, 5.41) is 2.04. The molecule has 1 aromatic carbocycles. The summed E-state index contributed by atoms with van der Waals surface area (Å²) in [6.07, 6.45) is -4.30. The van der Waals surface area contributed by atoms with Gasteiger partial charge < -0.3 is 9.88 Å². The zero-order chi connectivity index (χ0) is 21.4. The lowest BCUT2D eigenvalue weighted by Crippen LogP contribution is -2.43. The van der Waals surface area contributed by atoms with E-state index in [0.717, 1.165) is 17.7 Å². The molecule has 0 bridgehead atoms. The van der Waals surface area contributed by atoms with E-state index in [0.29, 0.717) is 25.3 Å². The Bertz CT molecular complexity index is 1020. The Morgan fingerprint density at radius 3 is 2.29 bits per heavy atom. The molecule has 1 amide bonds. The number of carbonyl (C=O) groups excluding carboxylic acids is 1. The van der Waals surface area contributed by atoms with Crippen LogP contribution in [-0.4, -0.2) is 31.1 Å². The number of nitrogens with one attached hydrogen (secondary N) is 2. The van der Waals surface area contributed by atoms with E-state index in [1.807, 2.05) is 5.32 Å². The van der Waals surface area contributed by atoms with Crippen LogP contribution in [0.3, 0.4) is 0 Å². The van der Waals surface area contributed by atoms with E-state index in [1.165, 1.54) is 4.72 Å². The molecule has 1 aromatic heterocycles. The van der Waals surface area contributed by atoms with Crippen LogP contribution in [0.25, 0.3) is 0 Å². The van der Waals surface area contributed by atoms with Crippen molar-refractivity contribution in [3.8, 4) is 0 Å². The molecule has 0 aliphatic carbocycles. The third-order valence-corrected chi connectivity index (χ3v) is 5.12. The van der Waals surface area contributed by atoms with E-state index < -0.39 is 56.2 Å². The van der Waals surface area contributed by atoms with Crippen LogP contribution in [-0.2, 0) is 17.1 Å². The molecule has 0 aliphatic rings. The molecule has 0 radical (unpaired) electrons. The minimum atomic E-state index is -4.95. The summed E-state index contributed by atoms with van der Waals surface area (Å²) in [4.78, 5) is 11.0. The molecular weight excluding hydrogens is 416 g/mol. The number of alkyl halides is 3. The summed E-state index contributed by atoms with van der Waals surface area (Å²) in [6.45, 7) is 0.523. The Labute approximate surface area is 155 Å². The highest BCUT2D eigenvalue weighted by Crippen LogP contribution is 2.25. The Morgan fingerprint density at radius 2 is 1.75 bits per heavy atom. The maximum Gasteiger partial charge on any atom is 0.404 e. The van der Waals surface area contributed by atoms with Gasteiger partial charge in [0.2, 0.25) is 10.0 Å². The second-order valence-electron chi connectivity index (χ2n) is 5.73. The molecule has 0 saturated heterocycles. The van der Waals surface area contributed by atoms with E-state index in [9.17, 15) is 39.6 Å². The molecule has 1 atom stereocenters. The van der Waals surface area contributed by atoms with E-state index in [1.54, 1.807) is 0 Å². The Kier molecular flexibility index (Phi) is 5.80. The predicted molar refractivity (Wildman–Crippen MR) is 85.5 cm³/mol. The fraction of sp³-hybridized carbons (Fsp3) is 0.267. The Hall–Kier alpha value is -2.54. The van der Waals surface area contributed by atoms with Crippen LogP contribution in [0.5, 0.6) is 0 Å². The fourth-order valence-corrected chi connectivity index (χ4v) is 3.50. The zero-order valence-electron chi connectivity index (χ0n) is 14.2. The van der Waals surface area contributed by atoms with E-state index in [4.69, 9.17) is 0 Å². The van der Waals surface area contributed by atoms with Crippen molar-refractivity contribution in [1.29, 1.82) is 0 Å². The van der Waals surface area contributed by atoms with Crippen LogP contribution in [0.4, 0.5) is 32.0 Å². The van der Waals surface area contributed by atoms with Gasteiger partial charge in [0, 0.05) is 25.0 Å². The number of amides is 1. The van der Waals surface area contributed by atoms with Crippen LogP contribution in [0, 0.1) is 17.5 Å². The minimum Gasteiger partial charge on any atom is -0.343 e. The first kappa shape index (κ1) is 21.8. The molecule has 2 aromatic rings. The van der Waals surface area contributed by atoms with E-state index in [-0.39, 0.29) is 5.69 Å². The van der Waals surface area contributed by atoms with Crippen molar-refractivity contribution in [2.24, 2.45) is 7.05 Å². The van der Waals surface area contributed by atoms with Crippen molar-refractivity contribution in [3.63, 3.8) is 0 Å². The maximum atomic E-state index is 14.5. The topological polar surface area (TPSA) is 80.2 Å². The summed E-state index contributed by atoms with van der Waals surface area (Å²) in [5.41, 5.74) is -1.09. The fourth-order valence-electron chi connectivity index (χ4n) is 2.14. The van der Waals surface area contributed by atoms with Crippen molar-refractivity contribution in [3.05, 3.63) is 47.5 Å². The number of anilines is 1. The lowest BCUT2D eigenvalue weighted by atomic mass is 10.3. The smallest absolute Gasteiger partial charge is 0.343 e. The van der Waals surface area contributed by atoms with Crippen LogP contribution in [0.2, 0.25) is 0 Å². The number of rotatable bonds is 5. The predicted octanol–water partition coefficient (Wildman–Crippen LogP) is 2.92. The van der Waals surface area contributed by atoms with Gasteiger partial charge in [0.25, 0.3) is 5.91 Å². The average molecular weight is 429 g/mol. The number of aryl methyl sites for hydroxylation is 1. The van der Waals surface area contributed by atoms with Crippen LogP contribution in [0.1, 0.15) is 17.4 Å². The zero-order valence-corrected chi connectivity index (χ0v) is 15.1. The van der Waals surface area contributed by atoms with E-state index in [2.05, 4.69) is 0 Å². The molecule has 0 fully saturated rings. The number of nitrogens with zero attached hydrogens (tertiary/aromatic N) is 1. The first-order chi connectivity index (χ1) is 12.7. The van der Waals surface area contributed by atoms with Gasteiger partial charge in [0.15, 0.2) is 17.5 Å². The van der Waals surface area contributed by atoms with Crippen molar-refractivity contribution < 1.29 is 39.6 Å². The van der Waals surface area contributed by atoms with Crippen molar-refractivity contribution in [1.82, 2.24) is 9.29 Å². The number of hydrogen-bond acceptors (Lipinski definition) is 3. The van der Waals surface area contributed by atoms with Gasteiger partial charge in [-0.3, -0.25) is 4.79 Å². The highest BCUT2D eigenvalue weighted by molar-refractivity contribution is 7.89.